The SMILES string of the molecule is CC(=O)N1CCCC(c2c(F)c3cc(C(=O)N(C)C)cc(C(C)C)c3n2C)C1. The van der Waals surface area contributed by atoms with Crippen LogP contribution in [0, 0.1) is 5.82 Å². The predicted octanol–water partition coefficient (Wildman–Crippen LogP) is 3.87. The number of nitrogens with zero attached hydrogens (tertiary/aromatic N) is 3. The molecule has 1 atom stereocenters. The Bertz CT molecular complexity index is 930. The Morgan fingerprint density at radius 2 is 1.93 bits per heavy atom. The normalized spacial score (nSPS) is 17.4. The molecule has 28 heavy (non-hydrogen) atoms. The Kier molecular flexibility index (Phi) is 5.50. The van der Waals surface area contributed by atoms with E-state index in [0.717, 1.165) is 30.5 Å². The second kappa shape index (κ2) is 7.57. The van der Waals surface area contributed by atoms with Gasteiger partial charge in [0.25, 0.3) is 5.91 Å². The number of benzene rings is 1. The van der Waals surface area contributed by atoms with E-state index in [9.17, 15) is 9.59 Å². The lowest BCUT2D eigenvalue weighted by molar-refractivity contribution is -0.130. The highest BCUT2D eigenvalue weighted by atomic mass is 19.1. The highest BCUT2D eigenvalue weighted by Crippen LogP contribution is 2.37. The third-order valence-corrected chi connectivity index (χ3v) is 5.83. The number of amides is 2. The average Bonchev–Trinajstić information content (AvgIpc) is 2.90. The summed E-state index contributed by atoms with van der Waals surface area (Å²) in [6.45, 7) is 6.95. The molecule has 1 aromatic heterocycles. The second-order valence-corrected chi connectivity index (χ2v) is 8.38. The first kappa shape index (κ1) is 20.4. The van der Waals surface area contributed by atoms with Gasteiger partial charge in [-0.1, -0.05) is 13.8 Å². The van der Waals surface area contributed by atoms with Crippen LogP contribution in [-0.2, 0) is 11.8 Å². The number of hydrogen-bond donors (Lipinski definition) is 0. The predicted molar refractivity (Wildman–Crippen MR) is 109 cm³/mol. The number of rotatable bonds is 3. The van der Waals surface area contributed by atoms with Gasteiger partial charge in [0, 0.05) is 58.0 Å². The van der Waals surface area contributed by atoms with Gasteiger partial charge in [-0.15, -0.1) is 0 Å². The number of aromatic nitrogens is 1. The van der Waals surface area contributed by atoms with Crippen LogP contribution in [0.2, 0.25) is 0 Å². The molecule has 0 spiro atoms. The van der Waals surface area contributed by atoms with Crippen LogP contribution in [0.25, 0.3) is 10.9 Å². The first-order valence-electron chi connectivity index (χ1n) is 9.92. The van der Waals surface area contributed by atoms with Gasteiger partial charge in [0.1, 0.15) is 0 Å². The van der Waals surface area contributed by atoms with Gasteiger partial charge >= 0.3 is 0 Å². The van der Waals surface area contributed by atoms with Crippen LogP contribution < -0.4 is 0 Å². The van der Waals surface area contributed by atoms with E-state index in [1.54, 1.807) is 32.0 Å². The van der Waals surface area contributed by atoms with Crippen molar-refractivity contribution >= 4 is 22.7 Å². The Balaban J connectivity index is 2.19. The van der Waals surface area contributed by atoms with Crippen molar-refractivity contribution in [3.05, 3.63) is 34.8 Å². The fourth-order valence-electron chi connectivity index (χ4n) is 4.37. The molecule has 2 aromatic rings. The Morgan fingerprint density at radius 1 is 1.25 bits per heavy atom. The molecule has 0 bridgehead atoms. The summed E-state index contributed by atoms with van der Waals surface area (Å²) in [6.07, 6.45) is 1.72. The molecule has 1 unspecified atom stereocenters. The highest BCUT2D eigenvalue weighted by Gasteiger charge is 2.30. The molecule has 0 saturated carbocycles. The van der Waals surface area contributed by atoms with Gasteiger partial charge in [0.05, 0.1) is 11.2 Å². The molecule has 0 aliphatic carbocycles. The lowest BCUT2D eigenvalue weighted by Gasteiger charge is -2.32. The minimum absolute atomic E-state index is 0.0330. The summed E-state index contributed by atoms with van der Waals surface area (Å²) < 4.78 is 17.6. The summed E-state index contributed by atoms with van der Waals surface area (Å²) in [6, 6.07) is 3.56. The maximum absolute atomic E-state index is 15.6. The molecule has 1 aliphatic heterocycles. The third-order valence-electron chi connectivity index (χ3n) is 5.83. The molecule has 152 valence electrons. The van der Waals surface area contributed by atoms with Gasteiger partial charge in [0.2, 0.25) is 5.91 Å². The molecular weight excluding hydrogens is 357 g/mol. The van der Waals surface area contributed by atoms with Gasteiger partial charge in [-0.2, -0.15) is 0 Å². The zero-order valence-corrected chi connectivity index (χ0v) is 17.7. The van der Waals surface area contributed by atoms with Crippen LogP contribution >= 0.6 is 0 Å². The number of halogens is 1. The van der Waals surface area contributed by atoms with Gasteiger partial charge in [-0.3, -0.25) is 9.59 Å². The van der Waals surface area contributed by atoms with E-state index in [0.29, 0.717) is 23.2 Å². The fourth-order valence-corrected chi connectivity index (χ4v) is 4.37. The monoisotopic (exact) mass is 387 g/mol. The van der Waals surface area contributed by atoms with Crippen molar-refractivity contribution in [2.75, 3.05) is 27.2 Å². The maximum atomic E-state index is 15.6. The molecule has 2 heterocycles. The van der Waals surface area contributed by atoms with Gasteiger partial charge in [-0.05, 0) is 36.5 Å². The highest BCUT2D eigenvalue weighted by molar-refractivity contribution is 5.99. The second-order valence-electron chi connectivity index (χ2n) is 8.38. The molecule has 1 fully saturated rings. The van der Waals surface area contributed by atoms with Crippen LogP contribution in [0.15, 0.2) is 12.1 Å². The zero-order valence-electron chi connectivity index (χ0n) is 17.7. The molecule has 1 aromatic carbocycles. The van der Waals surface area contributed by atoms with E-state index in [-0.39, 0.29) is 29.5 Å². The van der Waals surface area contributed by atoms with Crippen LogP contribution in [0.4, 0.5) is 4.39 Å². The zero-order chi connectivity index (χ0) is 20.7. The summed E-state index contributed by atoms with van der Waals surface area (Å²) in [4.78, 5) is 27.7. The lowest BCUT2D eigenvalue weighted by atomic mass is 9.94. The smallest absolute Gasteiger partial charge is 0.253 e. The number of fused-ring (bicyclic) bond motifs is 1. The van der Waals surface area contributed by atoms with Crippen LogP contribution in [-0.4, -0.2) is 53.4 Å². The standard InChI is InChI=1S/C22H30FN3O2/c1-13(2)17-10-16(22(28)24(4)5)11-18-19(23)20(25(6)21(17)18)15-8-7-9-26(12-15)14(3)27/h10-11,13,15H,7-9,12H2,1-6H3. The van der Waals surface area contributed by atoms with Crippen molar-refractivity contribution < 1.29 is 14.0 Å². The summed E-state index contributed by atoms with van der Waals surface area (Å²) in [5.41, 5.74) is 2.95. The van der Waals surface area contributed by atoms with Gasteiger partial charge < -0.3 is 14.4 Å². The van der Waals surface area contributed by atoms with Crippen LogP contribution in [0.3, 0.4) is 0 Å². The molecule has 0 radical (unpaired) electrons. The largest absolute Gasteiger partial charge is 0.345 e. The summed E-state index contributed by atoms with van der Waals surface area (Å²) in [5.74, 6) is -0.246. The van der Waals surface area contributed by atoms with Gasteiger partial charge in [0.15, 0.2) is 5.82 Å². The molecule has 3 rings (SSSR count). The van der Waals surface area contributed by atoms with Crippen molar-refractivity contribution in [2.45, 2.75) is 45.4 Å². The molecule has 2 amide bonds. The number of piperidine rings is 1. The number of carbonyl (C=O) groups is 2. The van der Waals surface area contributed by atoms with E-state index >= 15 is 4.39 Å². The number of carbonyl (C=O) groups excluding carboxylic acids is 2. The molecule has 1 saturated heterocycles. The average molecular weight is 387 g/mol. The Morgan fingerprint density at radius 3 is 2.50 bits per heavy atom. The quantitative estimate of drug-likeness (QED) is 0.803. The van der Waals surface area contributed by atoms with E-state index in [4.69, 9.17) is 0 Å². The van der Waals surface area contributed by atoms with Crippen LogP contribution in [0.1, 0.15) is 67.1 Å². The first-order valence-corrected chi connectivity index (χ1v) is 9.92. The van der Waals surface area contributed by atoms with E-state index < -0.39 is 0 Å². The van der Waals surface area contributed by atoms with Crippen molar-refractivity contribution in [1.29, 1.82) is 0 Å². The lowest BCUT2D eigenvalue weighted by Crippen LogP contribution is -2.38. The third kappa shape index (κ3) is 3.40. The molecule has 1 aliphatic rings. The topological polar surface area (TPSA) is 45.6 Å². The molecular formula is C22H30FN3O2. The van der Waals surface area contributed by atoms with E-state index in [2.05, 4.69) is 13.8 Å². The van der Waals surface area contributed by atoms with E-state index in [1.165, 1.54) is 4.90 Å². The van der Waals surface area contributed by atoms with E-state index in [1.807, 2.05) is 17.7 Å². The Hall–Kier alpha value is -2.37. The van der Waals surface area contributed by atoms with Crippen molar-refractivity contribution in [1.82, 2.24) is 14.4 Å². The summed E-state index contributed by atoms with van der Waals surface area (Å²) in [5, 5.41) is 0.494. The summed E-state index contributed by atoms with van der Waals surface area (Å²) >= 11 is 0. The first-order chi connectivity index (χ1) is 13.1. The Labute approximate surface area is 166 Å². The molecule has 0 N–H and O–H groups in total. The van der Waals surface area contributed by atoms with Crippen molar-refractivity contribution in [3.63, 3.8) is 0 Å². The number of likely N-dealkylation sites (tertiary alicyclic amines) is 1. The minimum atomic E-state index is -0.261. The van der Waals surface area contributed by atoms with Crippen molar-refractivity contribution in [2.24, 2.45) is 7.05 Å². The van der Waals surface area contributed by atoms with Crippen molar-refractivity contribution in [3.8, 4) is 0 Å². The molecule has 6 heteroatoms. The fraction of sp³-hybridized carbons (Fsp3) is 0.545. The number of aryl methyl sites for hydroxylation is 1. The molecule has 5 nitrogen and oxygen atoms in total. The summed E-state index contributed by atoms with van der Waals surface area (Å²) in [7, 11) is 5.30. The van der Waals surface area contributed by atoms with Gasteiger partial charge in [-0.25, -0.2) is 4.39 Å². The number of hydrogen-bond acceptors (Lipinski definition) is 2. The minimum Gasteiger partial charge on any atom is -0.345 e. The maximum Gasteiger partial charge on any atom is 0.253 e. The van der Waals surface area contributed by atoms with Crippen LogP contribution in [0.5, 0.6) is 0 Å².